The van der Waals surface area contributed by atoms with Crippen molar-refractivity contribution < 1.29 is 15.0 Å². The summed E-state index contributed by atoms with van der Waals surface area (Å²) in [6.07, 6.45) is 0. The van der Waals surface area contributed by atoms with Crippen molar-refractivity contribution in [2.24, 2.45) is 0 Å². The van der Waals surface area contributed by atoms with Crippen molar-refractivity contribution in [1.29, 1.82) is 0 Å². The van der Waals surface area contributed by atoms with Crippen LogP contribution in [-0.4, -0.2) is 40.7 Å². The van der Waals surface area contributed by atoms with Crippen molar-refractivity contribution in [2.75, 3.05) is 11.1 Å². The third kappa shape index (κ3) is 3.03. The van der Waals surface area contributed by atoms with E-state index in [0.29, 0.717) is 23.0 Å². The van der Waals surface area contributed by atoms with E-state index in [1.165, 1.54) is 18.2 Å². The zero-order valence-corrected chi connectivity index (χ0v) is 14.7. The number of aromatic nitrogens is 5. The zero-order chi connectivity index (χ0) is 19.8. The summed E-state index contributed by atoms with van der Waals surface area (Å²) in [4.78, 5) is 28.1. The van der Waals surface area contributed by atoms with Gasteiger partial charge in [-0.1, -0.05) is 12.1 Å². The molecule has 2 heterocycles. The number of aryl methyl sites for hydroxylation is 1. The smallest absolute Gasteiger partial charge is 0.339 e. The Balaban J connectivity index is 1.85. The van der Waals surface area contributed by atoms with Gasteiger partial charge >= 0.3 is 5.97 Å². The van der Waals surface area contributed by atoms with E-state index in [2.05, 4.69) is 25.3 Å². The number of imidazole rings is 1. The van der Waals surface area contributed by atoms with E-state index in [0.717, 1.165) is 5.52 Å². The molecule has 0 fully saturated rings. The number of rotatable bonds is 4. The highest BCUT2D eigenvalue weighted by Crippen LogP contribution is 2.28. The van der Waals surface area contributed by atoms with Crippen LogP contribution in [0.2, 0.25) is 0 Å². The Bertz CT molecular complexity index is 1200. The van der Waals surface area contributed by atoms with Crippen LogP contribution in [0.3, 0.4) is 0 Å². The molecule has 0 unspecified atom stereocenters. The van der Waals surface area contributed by atoms with Crippen LogP contribution in [-0.2, 0) is 0 Å². The van der Waals surface area contributed by atoms with E-state index in [1.807, 2.05) is 24.3 Å². The van der Waals surface area contributed by atoms with Crippen LogP contribution >= 0.6 is 0 Å². The maximum Gasteiger partial charge on any atom is 0.339 e. The minimum absolute atomic E-state index is 0.0784. The predicted molar refractivity (Wildman–Crippen MR) is 102 cm³/mol. The Morgan fingerprint density at radius 1 is 1.11 bits per heavy atom. The number of aromatic carboxylic acids is 1. The highest BCUT2D eigenvalue weighted by molar-refractivity contribution is 5.91. The van der Waals surface area contributed by atoms with Crippen LogP contribution in [0, 0.1) is 6.92 Å². The molecule has 2 aromatic heterocycles. The molecular weight excluding hydrogens is 362 g/mol. The quantitative estimate of drug-likeness (QED) is 0.419. The number of fused-ring (bicyclic) bond motifs is 1. The number of hydrogen-bond acceptors (Lipinski definition) is 8. The Labute approximate surface area is 158 Å². The highest BCUT2D eigenvalue weighted by Gasteiger charge is 2.17. The fourth-order valence-electron chi connectivity index (χ4n) is 2.82. The molecule has 10 nitrogen and oxygen atoms in total. The molecule has 0 radical (unpaired) electrons. The summed E-state index contributed by atoms with van der Waals surface area (Å²) in [7, 11) is 0. The van der Waals surface area contributed by atoms with Gasteiger partial charge in [-0.05, 0) is 31.2 Å². The molecule has 140 valence electrons. The SMILES string of the molecule is Cc1nc(N)nc(-n2c(Nc3ccc(C(=O)O)c(O)c3)nc3ccccc32)n1. The number of nitrogen functional groups attached to an aromatic ring is 1. The molecule has 0 saturated heterocycles. The summed E-state index contributed by atoms with van der Waals surface area (Å²) in [6.45, 7) is 1.70. The lowest BCUT2D eigenvalue weighted by Crippen LogP contribution is -2.10. The van der Waals surface area contributed by atoms with Gasteiger partial charge in [0.05, 0.1) is 11.0 Å². The molecule has 2 aromatic carbocycles. The lowest BCUT2D eigenvalue weighted by molar-refractivity contribution is 0.0694. The summed E-state index contributed by atoms with van der Waals surface area (Å²) in [6, 6.07) is 11.5. The van der Waals surface area contributed by atoms with Gasteiger partial charge < -0.3 is 21.3 Å². The van der Waals surface area contributed by atoms with Crippen molar-refractivity contribution in [1.82, 2.24) is 24.5 Å². The number of anilines is 3. The van der Waals surface area contributed by atoms with Gasteiger partial charge in [0.2, 0.25) is 17.8 Å². The zero-order valence-electron chi connectivity index (χ0n) is 14.7. The lowest BCUT2D eigenvalue weighted by Gasteiger charge is -2.11. The fourth-order valence-corrected chi connectivity index (χ4v) is 2.82. The number of carboxylic acid groups (broad SMARTS) is 1. The summed E-state index contributed by atoms with van der Waals surface area (Å²) < 4.78 is 1.67. The number of phenols is 1. The summed E-state index contributed by atoms with van der Waals surface area (Å²) in [5.41, 5.74) is 7.45. The normalized spacial score (nSPS) is 10.9. The molecule has 5 N–H and O–H groups in total. The highest BCUT2D eigenvalue weighted by atomic mass is 16.4. The Morgan fingerprint density at radius 3 is 2.61 bits per heavy atom. The first-order valence-corrected chi connectivity index (χ1v) is 8.22. The molecule has 4 rings (SSSR count). The Kier molecular flexibility index (Phi) is 4.00. The molecule has 0 aliphatic rings. The van der Waals surface area contributed by atoms with Crippen LogP contribution < -0.4 is 11.1 Å². The van der Waals surface area contributed by atoms with Crippen LogP contribution in [0.25, 0.3) is 17.0 Å². The minimum atomic E-state index is -1.22. The number of aromatic hydroxyl groups is 1. The molecule has 0 amide bonds. The molecule has 0 bridgehead atoms. The van der Waals surface area contributed by atoms with Gasteiger partial charge in [-0.2, -0.15) is 15.0 Å². The van der Waals surface area contributed by atoms with Crippen LogP contribution in [0.15, 0.2) is 42.5 Å². The molecule has 0 aliphatic heterocycles. The number of para-hydroxylation sites is 2. The average molecular weight is 377 g/mol. The number of nitrogens with zero attached hydrogens (tertiary/aromatic N) is 5. The van der Waals surface area contributed by atoms with Gasteiger partial charge in [-0.25, -0.2) is 14.3 Å². The predicted octanol–water partition coefficient (Wildman–Crippen LogP) is 2.25. The molecule has 0 aliphatic carbocycles. The number of carboxylic acids is 1. The van der Waals surface area contributed by atoms with Crippen molar-refractivity contribution in [3.05, 3.63) is 53.9 Å². The van der Waals surface area contributed by atoms with Crippen molar-refractivity contribution in [2.45, 2.75) is 6.92 Å². The molecule has 28 heavy (non-hydrogen) atoms. The first-order valence-electron chi connectivity index (χ1n) is 8.22. The summed E-state index contributed by atoms with van der Waals surface area (Å²) in [5, 5.41) is 22.1. The number of nitrogens with two attached hydrogens (primary N) is 1. The second-order valence-electron chi connectivity index (χ2n) is 5.96. The first kappa shape index (κ1) is 17.2. The van der Waals surface area contributed by atoms with E-state index >= 15 is 0 Å². The molecule has 0 saturated carbocycles. The van der Waals surface area contributed by atoms with Gasteiger partial charge in [0.15, 0.2) is 0 Å². The third-order valence-electron chi connectivity index (χ3n) is 4.00. The Hall–Kier alpha value is -4.21. The lowest BCUT2D eigenvalue weighted by atomic mass is 10.2. The minimum Gasteiger partial charge on any atom is -0.507 e. The molecule has 0 spiro atoms. The largest absolute Gasteiger partial charge is 0.507 e. The fraction of sp³-hybridized carbons (Fsp3) is 0.0556. The second kappa shape index (κ2) is 6.50. The monoisotopic (exact) mass is 377 g/mol. The van der Waals surface area contributed by atoms with E-state index < -0.39 is 5.97 Å². The van der Waals surface area contributed by atoms with Gasteiger partial charge in [0.25, 0.3) is 0 Å². The number of nitrogens with one attached hydrogen (secondary N) is 1. The standard InChI is InChI=1S/C18H15N7O3/c1-9-20-16(19)24-17(21-9)25-13-5-3-2-4-12(13)23-18(25)22-10-6-7-11(15(27)28)14(26)8-10/h2-8,26H,1H3,(H,22,23)(H,27,28)(H2,19,20,21,24). The Morgan fingerprint density at radius 2 is 1.89 bits per heavy atom. The molecular formula is C18H15N7O3. The van der Waals surface area contributed by atoms with E-state index in [4.69, 9.17) is 10.8 Å². The first-order chi connectivity index (χ1) is 13.4. The maximum atomic E-state index is 11.1. The third-order valence-corrected chi connectivity index (χ3v) is 4.00. The molecule has 4 aromatic rings. The van der Waals surface area contributed by atoms with E-state index in [9.17, 15) is 9.90 Å². The average Bonchev–Trinajstić information content (AvgIpc) is 2.98. The van der Waals surface area contributed by atoms with Crippen molar-refractivity contribution in [3.8, 4) is 11.7 Å². The molecule has 0 atom stereocenters. The number of benzene rings is 2. The van der Waals surface area contributed by atoms with Gasteiger partial charge in [0, 0.05) is 11.8 Å². The van der Waals surface area contributed by atoms with Crippen LogP contribution in [0.1, 0.15) is 16.2 Å². The van der Waals surface area contributed by atoms with Crippen LogP contribution in [0.5, 0.6) is 5.75 Å². The van der Waals surface area contributed by atoms with Crippen molar-refractivity contribution in [3.63, 3.8) is 0 Å². The second-order valence-corrected chi connectivity index (χ2v) is 5.96. The number of hydrogen-bond donors (Lipinski definition) is 4. The summed E-state index contributed by atoms with van der Waals surface area (Å²) in [5.74, 6) is -0.390. The van der Waals surface area contributed by atoms with E-state index in [1.54, 1.807) is 11.5 Å². The van der Waals surface area contributed by atoms with Crippen molar-refractivity contribution >= 4 is 34.6 Å². The van der Waals surface area contributed by atoms with Crippen LogP contribution in [0.4, 0.5) is 17.6 Å². The molecule has 10 heteroatoms. The maximum absolute atomic E-state index is 11.1. The van der Waals surface area contributed by atoms with Gasteiger partial charge in [-0.3, -0.25) is 0 Å². The summed E-state index contributed by atoms with van der Waals surface area (Å²) >= 11 is 0. The van der Waals surface area contributed by atoms with Gasteiger partial charge in [0.1, 0.15) is 17.1 Å². The topological polar surface area (TPSA) is 152 Å². The van der Waals surface area contributed by atoms with E-state index in [-0.39, 0.29) is 23.2 Å². The van der Waals surface area contributed by atoms with Gasteiger partial charge in [-0.15, -0.1) is 0 Å². The number of carbonyl (C=O) groups is 1.